The Bertz CT molecular complexity index is 614. The van der Waals surface area contributed by atoms with E-state index < -0.39 is 0 Å². The van der Waals surface area contributed by atoms with Gasteiger partial charge in [-0.25, -0.2) is 4.98 Å². The summed E-state index contributed by atoms with van der Waals surface area (Å²) in [6, 6.07) is 4.85. The third-order valence-electron chi connectivity index (χ3n) is 4.43. The molecule has 21 heavy (non-hydrogen) atoms. The van der Waals surface area contributed by atoms with Gasteiger partial charge in [-0.05, 0) is 44.0 Å². The summed E-state index contributed by atoms with van der Waals surface area (Å²) in [5, 5.41) is 0. The van der Waals surface area contributed by atoms with Crippen LogP contribution in [0.3, 0.4) is 0 Å². The molecule has 0 fully saturated rings. The molecule has 3 rings (SSSR count). The van der Waals surface area contributed by atoms with Gasteiger partial charge in [0.1, 0.15) is 11.3 Å². The van der Waals surface area contributed by atoms with Crippen molar-refractivity contribution >= 4 is 11.0 Å². The summed E-state index contributed by atoms with van der Waals surface area (Å²) >= 11 is 0. The predicted molar refractivity (Wildman–Crippen MR) is 85.9 cm³/mol. The van der Waals surface area contributed by atoms with Gasteiger partial charge < -0.3 is 9.30 Å². The van der Waals surface area contributed by atoms with Crippen LogP contribution in [-0.4, -0.2) is 40.7 Å². The fraction of sp³-hybridized carbons (Fsp3) is 0.588. The van der Waals surface area contributed by atoms with Crippen molar-refractivity contribution in [3.8, 4) is 5.75 Å². The maximum atomic E-state index is 5.43. The quantitative estimate of drug-likeness (QED) is 0.818. The number of benzene rings is 1. The molecule has 114 valence electrons. The average molecular weight is 287 g/mol. The Labute approximate surface area is 126 Å². The van der Waals surface area contributed by atoms with Crippen LogP contribution in [0.2, 0.25) is 0 Å². The SMILES string of the molecule is CCCN(CCC)C1Cc2ccc(OC)c3ncn(c23)C1. The maximum absolute atomic E-state index is 5.43. The van der Waals surface area contributed by atoms with Crippen LogP contribution in [0, 0.1) is 0 Å². The smallest absolute Gasteiger partial charge is 0.146 e. The molecule has 2 heterocycles. The van der Waals surface area contributed by atoms with E-state index in [1.165, 1.54) is 37.0 Å². The van der Waals surface area contributed by atoms with Gasteiger partial charge in [0, 0.05) is 12.6 Å². The number of ether oxygens (including phenoxy) is 1. The van der Waals surface area contributed by atoms with Crippen LogP contribution in [0.15, 0.2) is 18.5 Å². The molecule has 0 N–H and O–H groups in total. The minimum Gasteiger partial charge on any atom is -0.494 e. The molecule has 1 aromatic carbocycles. The molecule has 0 amide bonds. The molecule has 2 aromatic rings. The molecule has 0 bridgehead atoms. The van der Waals surface area contributed by atoms with Crippen LogP contribution in [0.5, 0.6) is 5.75 Å². The Hall–Kier alpha value is -1.55. The highest BCUT2D eigenvalue weighted by Crippen LogP contribution is 2.32. The lowest BCUT2D eigenvalue weighted by Gasteiger charge is -2.34. The summed E-state index contributed by atoms with van der Waals surface area (Å²) in [4.78, 5) is 7.20. The number of imidazole rings is 1. The number of rotatable bonds is 6. The molecule has 0 radical (unpaired) electrons. The molecule has 0 saturated heterocycles. The van der Waals surface area contributed by atoms with Gasteiger partial charge in [-0.2, -0.15) is 0 Å². The van der Waals surface area contributed by atoms with Crippen LogP contribution >= 0.6 is 0 Å². The van der Waals surface area contributed by atoms with E-state index in [0.717, 1.165) is 24.2 Å². The number of aromatic nitrogens is 2. The van der Waals surface area contributed by atoms with Gasteiger partial charge >= 0.3 is 0 Å². The standard InChI is InChI=1S/C17H25N3O/c1-4-8-19(9-5-2)14-10-13-6-7-15(21-3)16-17(13)20(11-14)12-18-16/h6-7,12,14H,4-5,8-11H2,1-3H3. The van der Waals surface area contributed by atoms with Crippen molar-refractivity contribution in [2.75, 3.05) is 20.2 Å². The van der Waals surface area contributed by atoms with Crippen LogP contribution in [0.25, 0.3) is 11.0 Å². The van der Waals surface area contributed by atoms with Gasteiger partial charge in [0.05, 0.1) is 19.0 Å². The lowest BCUT2D eigenvalue weighted by molar-refractivity contribution is 0.174. The van der Waals surface area contributed by atoms with Crippen LogP contribution in [0.4, 0.5) is 0 Å². The van der Waals surface area contributed by atoms with E-state index in [9.17, 15) is 0 Å². The van der Waals surface area contributed by atoms with Crippen molar-refractivity contribution in [3.05, 3.63) is 24.0 Å². The first-order valence-electron chi connectivity index (χ1n) is 8.03. The monoisotopic (exact) mass is 287 g/mol. The predicted octanol–water partition coefficient (Wildman–Crippen LogP) is 3.09. The van der Waals surface area contributed by atoms with Crippen molar-refractivity contribution in [1.29, 1.82) is 0 Å². The first-order valence-corrected chi connectivity index (χ1v) is 8.03. The maximum Gasteiger partial charge on any atom is 0.146 e. The van der Waals surface area contributed by atoms with Crippen LogP contribution in [0.1, 0.15) is 32.3 Å². The van der Waals surface area contributed by atoms with Gasteiger partial charge in [-0.15, -0.1) is 0 Å². The topological polar surface area (TPSA) is 30.3 Å². The Balaban J connectivity index is 1.93. The third kappa shape index (κ3) is 2.53. The van der Waals surface area contributed by atoms with E-state index in [1.807, 2.05) is 6.33 Å². The van der Waals surface area contributed by atoms with Gasteiger partial charge in [0.15, 0.2) is 0 Å². The van der Waals surface area contributed by atoms with E-state index in [-0.39, 0.29) is 0 Å². The number of nitrogens with zero attached hydrogens (tertiary/aromatic N) is 3. The highest BCUT2D eigenvalue weighted by atomic mass is 16.5. The fourth-order valence-electron chi connectivity index (χ4n) is 3.54. The van der Waals surface area contributed by atoms with Crippen LogP contribution in [-0.2, 0) is 13.0 Å². The Morgan fingerprint density at radius 2 is 2.05 bits per heavy atom. The third-order valence-corrected chi connectivity index (χ3v) is 4.43. The lowest BCUT2D eigenvalue weighted by Crippen LogP contribution is -2.42. The number of methoxy groups -OCH3 is 1. The summed E-state index contributed by atoms with van der Waals surface area (Å²) in [5.74, 6) is 0.880. The molecule has 4 heteroatoms. The molecular weight excluding hydrogens is 262 g/mol. The molecule has 1 aliphatic rings. The molecular formula is C17H25N3O. The summed E-state index contributed by atoms with van der Waals surface area (Å²) in [6.45, 7) is 7.93. The highest BCUT2D eigenvalue weighted by Gasteiger charge is 2.26. The number of hydrogen-bond acceptors (Lipinski definition) is 3. The molecule has 0 saturated carbocycles. The number of hydrogen-bond donors (Lipinski definition) is 0. The van der Waals surface area contributed by atoms with Crippen molar-refractivity contribution < 1.29 is 4.74 Å². The van der Waals surface area contributed by atoms with E-state index in [4.69, 9.17) is 4.74 Å². The fourth-order valence-corrected chi connectivity index (χ4v) is 3.54. The second-order valence-electron chi connectivity index (χ2n) is 5.92. The van der Waals surface area contributed by atoms with Crippen molar-refractivity contribution in [2.45, 2.75) is 45.7 Å². The van der Waals surface area contributed by atoms with Gasteiger partial charge in [0.25, 0.3) is 0 Å². The van der Waals surface area contributed by atoms with E-state index >= 15 is 0 Å². The van der Waals surface area contributed by atoms with Crippen molar-refractivity contribution in [3.63, 3.8) is 0 Å². The first kappa shape index (κ1) is 14.4. The normalized spacial score (nSPS) is 17.6. The Morgan fingerprint density at radius 3 is 2.71 bits per heavy atom. The molecule has 4 nitrogen and oxygen atoms in total. The van der Waals surface area contributed by atoms with Gasteiger partial charge in [-0.1, -0.05) is 19.9 Å². The molecule has 0 spiro atoms. The molecule has 1 unspecified atom stereocenters. The average Bonchev–Trinajstić information content (AvgIpc) is 2.93. The zero-order valence-corrected chi connectivity index (χ0v) is 13.3. The molecule has 1 atom stereocenters. The second-order valence-corrected chi connectivity index (χ2v) is 5.92. The second kappa shape index (κ2) is 6.06. The van der Waals surface area contributed by atoms with Crippen molar-refractivity contribution in [1.82, 2.24) is 14.5 Å². The van der Waals surface area contributed by atoms with Gasteiger partial charge in [-0.3, -0.25) is 4.90 Å². The van der Waals surface area contributed by atoms with E-state index in [1.54, 1.807) is 7.11 Å². The zero-order valence-electron chi connectivity index (χ0n) is 13.3. The highest BCUT2D eigenvalue weighted by molar-refractivity contribution is 5.85. The molecule has 1 aliphatic heterocycles. The first-order chi connectivity index (χ1) is 10.3. The molecule has 1 aromatic heterocycles. The lowest BCUT2D eigenvalue weighted by atomic mass is 9.98. The summed E-state index contributed by atoms with van der Waals surface area (Å²) in [5.41, 5.74) is 3.67. The Kier molecular flexibility index (Phi) is 4.15. The summed E-state index contributed by atoms with van der Waals surface area (Å²) in [6.07, 6.45) is 5.52. The summed E-state index contributed by atoms with van der Waals surface area (Å²) in [7, 11) is 1.71. The summed E-state index contributed by atoms with van der Waals surface area (Å²) < 4.78 is 7.73. The largest absolute Gasteiger partial charge is 0.494 e. The Morgan fingerprint density at radius 1 is 1.29 bits per heavy atom. The van der Waals surface area contributed by atoms with Crippen LogP contribution < -0.4 is 4.74 Å². The van der Waals surface area contributed by atoms with Gasteiger partial charge in [0.2, 0.25) is 0 Å². The minimum absolute atomic E-state index is 0.586. The van der Waals surface area contributed by atoms with E-state index in [0.29, 0.717) is 6.04 Å². The minimum atomic E-state index is 0.586. The molecule has 0 aliphatic carbocycles. The van der Waals surface area contributed by atoms with E-state index in [2.05, 4.69) is 40.4 Å². The zero-order chi connectivity index (χ0) is 14.8. The van der Waals surface area contributed by atoms with Crippen molar-refractivity contribution in [2.24, 2.45) is 0 Å².